The van der Waals surface area contributed by atoms with Crippen LogP contribution in [0.15, 0.2) is 0 Å². The maximum Gasteiger partial charge on any atom is 0.216 e. The number of morpholine rings is 1. The van der Waals surface area contributed by atoms with Crippen LogP contribution in [-0.4, -0.2) is 62.8 Å². The molecule has 1 amide bonds. The summed E-state index contributed by atoms with van der Waals surface area (Å²) in [6.07, 6.45) is 0.138. The van der Waals surface area contributed by atoms with Gasteiger partial charge >= 0.3 is 0 Å². The number of carbonyl (C=O) groups is 1. The average molecular weight is 293 g/mol. The molecule has 0 spiro atoms. The van der Waals surface area contributed by atoms with Gasteiger partial charge in [0.1, 0.15) is 0 Å². The molecule has 2 N–H and O–H groups in total. The van der Waals surface area contributed by atoms with Gasteiger partial charge in [-0.1, -0.05) is 34.6 Å². The smallest absolute Gasteiger partial charge is 0.216 e. The molecule has 1 saturated heterocycles. The highest BCUT2D eigenvalue weighted by Gasteiger charge is 2.19. The van der Waals surface area contributed by atoms with E-state index in [0.29, 0.717) is 6.54 Å². The molecule has 1 aliphatic rings. The quantitative estimate of drug-likeness (QED) is 0.735. The lowest BCUT2D eigenvalue weighted by atomic mass is 10.2. The van der Waals surface area contributed by atoms with Crippen LogP contribution in [0.3, 0.4) is 0 Å². The van der Waals surface area contributed by atoms with Gasteiger partial charge in [-0.2, -0.15) is 0 Å². The van der Waals surface area contributed by atoms with E-state index in [1.54, 1.807) is 0 Å². The number of nitrogens with one attached hydrogen (secondary N) is 2. The van der Waals surface area contributed by atoms with Crippen molar-refractivity contribution in [1.29, 1.82) is 0 Å². The summed E-state index contributed by atoms with van der Waals surface area (Å²) in [4.78, 5) is 13.2. The predicted molar refractivity (Wildman–Crippen MR) is 90.3 cm³/mol. The standard InChI is InChI=1S/C11H23N3O2.2C2H6.2H2/c1-3-12-4-5-14-6-7-16-11(9-14)8-13-10(2)15;2*1-2;;/h11-12H,3-9H2,1-2H3,(H,13,15);2*1-2H3;2*1H/t11-;;;;/m1..../s1. The summed E-state index contributed by atoms with van der Waals surface area (Å²) in [6.45, 7) is 18.0. The van der Waals surface area contributed by atoms with Gasteiger partial charge in [0.25, 0.3) is 0 Å². The number of likely N-dealkylation sites (N-methyl/N-ethyl adjacent to an activating group) is 1. The molecule has 0 radical (unpaired) electrons. The van der Waals surface area contributed by atoms with Crippen molar-refractivity contribution in [3.8, 4) is 0 Å². The van der Waals surface area contributed by atoms with Gasteiger partial charge in [-0.3, -0.25) is 9.69 Å². The van der Waals surface area contributed by atoms with Crippen molar-refractivity contribution in [1.82, 2.24) is 15.5 Å². The molecule has 1 rings (SSSR count). The van der Waals surface area contributed by atoms with Crippen LogP contribution in [0.4, 0.5) is 0 Å². The highest BCUT2D eigenvalue weighted by Crippen LogP contribution is 2.03. The maximum atomic E-state index is 10.8. The Balaban J connectivity index is -0.000000249. The van der Waals surface area contributed by atoms with Gasteiger partial charge in [-0.05, 0) is 6.54 Å². The van der Waals surface area contributed by atoms with Crippen molar-refractivity contribution in [2.24, 2.45) is 0 Å². The first kappa shape index (κ1) is 21.6. The van der Waals surface area contributed by atoms with Crippen LogP contribution in [0.5, 0.6) is 0 Å². The first-order valence-corrected chi connectivity index (χ1v) is 8.01. The van der Waals surface area contributed by atoms with Gasteiger partial charge in [0.05, 0.1) is 12.7 Å². The molecule has 1 aliphatic heterocycles. The minimum atomic E-state index is 0. The number of amides is 1. The lowest BCUT2D eigenvalue weighted by Gasteiger charge is -2.32. The van der Waals surface area contributed by atoms with Crippen molar-refractivity contribution in [3.05, 3.63) is 0 Å². The van der Waals surface area contributed by atoms with Crippen molar-refractivity contribution < 1.29 is 12.4 Å². The molecule has 1 heterocycles. The molecule has 1 atom stereocenters. The van der Waals surface area contributed by atoms with Crippen LogP contribution in [0.1, 0.15) is 44.4 Å². The topological polar surface area (TPSA) is 53.6 Å². The largest absolute Gasteiger partial charge is 0.374 e. The number of carbonyl (C=O) groups excluding carboxylic acids is 1. The first-order valence-electron chi connectivity index (χ1n) is 8.01. The summed E-state index contributed by atoms with van der Waals surface area (Å²) in [5.41, 5.74) is 0. The molecular formula is C15H39N3O2. The number of nitrogens with zero attached hydrogens (tertiary/aromatic N) is 1. The lowest BCUT2D eigenvalue weighted by Crippen LogP contribution is -2.48. The van der Waals surface area contributed by atoms with Gasteiger partial charge in [0.15, 0.2) is 0 Å². The second-order valence-corrected chi connectivity index (χ2v) is 4.08. The van der Waals surface area contributed by atoms with Gasteiger partial charge in [0.2, 0.25) is 5.91 Å². The third-order valence-electron chi connectivity index (χ3n) is 2.66. The monoisotopic (exact) mass is 293 g/mol. The van der Waals surface area contributed by atoms with Gasteiger partial charge in [0, 0.05) is 42.5 Å². The Bertz CT molecular complexity index is 223. The van der Waals surface area contributed by atoms with Crippen LogP contribution in [0.25, 0.3) is 0 Å². The van der Waals surface area contributed by atoms with E-state index in [1.807, 2.05) is 27.7 Å². The van der Waals surface area contributed by atoms with Crippen molar-refractivity contribution in [2.45, 2.75) is 47.6 Å². The molecule has 20 heavy (non-hydrogen) atoms. The Morgan fingerprint density at radius 2 is 2.00 bits per heavy atom. The second-order valence-electron chi connectivity index (χ2n) is 4.08. The van der Waals surface area contributed by atoms with E-state index in [0.717, 1.165) is 39.3 Å². The molecule has 0 aromatic heterocycles. The zero-order valence-electron chi connectivity index (χ0n) is 14.3. The van der Waals surface area contributed by atoms with Crippen LogP contribution >= 0.6 is 0 Å². The predicted octanol–water partition coefficient (Wildman–Crippen LogP) is 1.98. The lowest BCUT2D eigenvalue weighted by molar-refractivity contribution is -0.120. The summed E-state index contributed by atoms with van der Waals surface area (Å²) < 4.78 is 5.59. The Morgan fingerprint density at radius 3 is 2.55 bits per heavy atom. The van der Waals surface area contributed by atoms with Crippen LogP contribution in [0.2, 0.25) is 0 Å². The molecule has 0 bridgehead atoms. The zero-order chi connectivity index (χ0) is 15.8. The molecule has 1 fully saturated rings. The number of hydrogen-bond acceptors (Lipinski definition) is 4. The summed E-state index contributed by atoms with van der Waals surface area (Å²) in [5.74, 6) is 0.00775. The summed E-state index contributed by atoms with van der Waals surface area (Å²) >= 11 is 0. The summed E-state index contributed by atoms with van der Waals surface area (Å²) in [6, 6.07) is 0. The van der Waals surface area contributed by atoms with Crippen LogP contribution in [-0.2, 0) is 9.53 Å². The van der Waals surface area contributed by atoms with E-state index in [1.165, 1.54) is 6.92 Å². The third-order valence-corrected chi connectivity index (χ3v) is 2.66. The van der Waals surface area contributed by atoms with E-state index in [9.17, 15) is 4.79 Å². The van der Waals surface area contributed by atoms with Crippen molar-refractivity contribution in [3.63, 3.8) is 0 Å². The number of rotatable bonds is 6. The van der Waals surface area contributed by atoms with E-state index >= 15 is 0 Å². The highest BCUT2D eigenvalue weighted by molar-refractivity contribution is 5.72. The van der Waals surface area contributed by atoms with E-state index < -0.39 is 0 Å². The Kier molecular flexibility index (Phi) is 17.8. The second kappa shape index (κ2) is 16.4. The Labute approximate surface area is 128 Å². The fourth-order valence-electron chi connectivity index (χ4n) is 1.78. The van der Waals surface area contributed by atoms with Crippen LogP contribution < -0.4 is 10.6 Å². The van der Waals surface area contributed by atoms with Gasteiger partial charge < -0.3 is 15.4 Å². The minimum absolute atomic E-state index is 0. The molecule has 5 nitrogen and oxygen atoms in total. The Hall–Kier alpha value is -0.650. The molecule has 0 unspecified atom stereocenters. The molecule has 0 saturated carbocycles. The van der Waals surface area contributed by atoms with Gasteiger partial charge in [-0.25, -0.2) is 0 Å². The van der Waals surface area contributed by atoms with Crippen molar-refractivity contribution >= 4 is 5.91 Å². The molecule has 0 aliphatic carbocycles. The SMILES string of the molecule is CC.CC.CCNCCN1CCO[C@H](CNC(C)=O)C1.[HH].[HH]. The van der Waals surface area contributed by atoms with E-state index in [-0.39, 0.29) is 14.9 Å². The molecule has 0 aromatic carbocycles. The Morgan fingerprint density at radius 1 is 1.35 bits per heavy atom. The summed E-state index contributed by atoms with van der Waals surface area (Å²) in [5, 5.41) is 6.11. The number of hydrogen-bond donors (Lipinski definition) is 2. The maximum absolute atomic E-state index is 10.8. The fourth-order valence-corrected chi connectivity index (χ4v) is 1.78. The highest BCUT2D eigenvalue weighted by atomic mass is 16.5. The van der Waals surface area contributed by atoms with Crippen LogP contribution in [0, 0.1) is 0 Å². The first-order chi connectivity index (χ1) is 9.72. The summed E-state index contributed by atoms with van der Waals surface area (Å²) in [7, 11) is 0. The van der Waals surface area contributed by atoms with E-state index in [2.05, 4.69) is 22.5 Å². The minimum Gasteiger partial charge on any atom is -0.374 e. The van der Waals surface area contributed by atoms with E-state index in [4.69, 9.17) is 4.74 Å². The van der Waals surface area contributed by atoms with Gasteiger partial charge in [-0.15, -0.1) is 0 Å². The van der Waals surface area contributed by atoms with Crippen molar-refractivity contribution in [2.75, 3.05) is 45.9 Å². The average Bonchev–Trinajstić information content (AvgIpc) is 2.50. The molecule has 0 aromatic rings. The molecular weight excluding hydrogens is 254 g/mol. The fraction of sp³-hybridized carbons (Fsp3) is 0.933. The normalized spacial score (nSPS) is 18.2. The third kappa shape index (κ3) is 12.4. The zero-order valence-corrected chi connectivity index (χ0v) is 14.3. The number of ether oxygens (including phenoxy) is 1. The molecule has 126 valence electrons. The molecule has 5 heteroatoms.